The van der Waals surface area contributed by atoms with E-state index in [0.29, 0.717) is 10.6 Å². The zero-order valence-corrected chi connectivity index (χ0v) is 19.4. The van der Waals surface area contributed by atoms with E-state index in [9.17, 15) is 26.4 Å². The number of amides is 1. The summed E-state index contributed by atoms with van der Waals surface area (Å²) in [5.74, 6) is -1.20. The van der Waals surface area contributed by atoms with Crippen molar-refractivity contribution in [3.8, 4) is 11.1 Å². The topological polar surface area (TPSA) is 114 Å². The monoisotopic (exact) mass is 504 g/mol. The number of nitrogens with zero attached hydrogens (tertiary/aromatic N) is 5. The third-order valence-corrected chi connectivity index (χ3v) is 6.12. The molecule has 0 aliphatic rings. The molecule has 3 rings (SSSR count). The van der Waals surface area contributed by atoms with Gasteiger partial charge in [0.25, 0.3) is 5.91 Å². The Hall–Kier alpha value is -2.93. The molecule has 14 heteroatoms. The summed E-state index contributed by atoms with van der Waals surface area (Å²) in [4.78, 5) is 14.5. The van der Waals surface area contributed by atoms with E-state index >= 15 is 0 Å². The molecule has 0 radical (unpaired) electrons. The van der Waals surface area contributed by atoms with Gasteiger partial charge in [0.1, 0.15) is 21.2 Å². The molecule has 0 bridgehead atoms. The maximum Gasteiger partial charge on any atom is 0.431 e. The van der Waals surface area contributed by atoms with Crippen LogP contribution in [0.4, 0.5) is 13.2 Å². The molecule has 1 amide bonds. The van der Waals surface area contributed by atoms with Gasteiger partial charge >= 0.3 is 6.18 Å². The highest BCUT2D eigenvalue weighted by molar-refractivity contribution is 7.90. The molecular formula is C19H20ClF3N6O3S. The van der Waals surface area contributed by atoms with Crippen LogP contribution in [-0.4, -0.2) is 70.0 Å². The quantitative estimate of drug-likeness (QED) is 0.529. The number of sulfone groups is 1. The number of carbonyl (C=O) groups is 1. The molecule has 2 heterocycles. The van der Waals surface area contributed by atoms with Gasteiger partial charge in [-0.1, -0.05) is 28.9 Å². The number of alkyl halides is 3. The molecule has 0 atom stereocenters. The van der Waals surface area contributed by atoms with Crippen LogP contribution in [0.5, 0.6) is 0 Å². The van der Waals surface area contributed by atoms with Gasteiger partial charge in [-0.3, -0.25) is 4.79 Å². The van der Waals surface area contributed by atoms with E-state index in [1.54, 1.807) is 0 Å². The second kappa shape index (κ2) is 9.14. The Bertz CT molecular complexity index is 1260. The number of tetrazole rings is 1. The van der Waals surface area contributed by atoms with E-state index < -0.39 is 34.2 Å². The first-order valence-corrected chi connectivity index (χ1v) is 11.9. The number of nitrogens with one attached hydrogen (secondary N) is 1. The Morgan fingerprint density at radius 1 is 1.24 bits per heavy atom. The van der Waals surface area contributed by atoms with Crippen LogP contribution < -0.4 is 0 Å². The molecule has 0 fully saturated rings. The number of aromatic amines is 1. The Balaban J connectivity index is 2.26. The molecule has 1 N–H and O–H groups in total. The Kier molecular flexibility index (Phi) is 6.84. The highest BCUT2D eigenvalue weighted by Crippen LogP contribution is 2.41. The van der Waals surface area contributed by atoms with Crippen LogP contribution in [0.1, 0.15) is 27.6 Å². The highest BCUT2D eigenvalue weighted by atomic mass is 35.5. The van der Waals surface area contributed by atoms with Crippen LogP contribution in [0.15, 0.2) is 24.3 Å². The zero-order chi connectivity index (χ0) is 24.6. The molecule has 2 aromatic heterocycles. The first kappa shape index (κ1) is 24.7. The number of carbonyl (C=O) groups excluding carboxylic acids is 1. The molecule has 178 valence electrons. The van der Waals surface area contributed by atoms with E-state index in [1.165, 1.54) is 38.2 Å². The van der Waals surface area contributed by atoms with Crippen LogP contribution in [0, 0.1) is 6.92 Å². The van der Waals surface area contributed by atoms with Gasteiger partial charge < -0.3 is 9.47 Å². The van der Waals surface area contributed by atoms with Gasteiger partial charge in [0.15, 0.2) is 5.82 Å². The van der Waals surface area contributed by atoms with Gasteiger partial charge in [0.2, 0.25) is 0 Å². The summed E-state index contributed by atoms with van der Waals surface area (Å²) in [7, 11) is -2.08. The SMILES string of the molecule is Cc1c(-c2ccc(Cl)cc2)c(C(=O)N(C)CCS(C)(=O)=O)n(Cc2nn[nH]n2)c1C(F)(F)F. The predicted octanol–water partition coefficient (Wildman–Crippen LogP) is 2.81. The number of aromatic nitrogens is 5. The first-order chi connectivity index (χ1) is 15.3. The summed E-state index contributed by atoms with van der Waals surface area (Å²) in [6.45, 7) is 0.582. The molecule has 1 aromatic carbocycles. The molecule has 9 nitrogen and oxygen atoms in total. The van der Waals surface area contributed by atoms with Crippen molar-refractivity contribution < 1.29 is 26.4 Å². The Labute approximate surface area is 192 Å². The van der Waals surface area contributed by atoms with Crippen LogP contribution in [0.25, 0.3) is 11.1 Å². The molecule has 3 aromatic rings. The summed E-state index contributed by atoms with van der Waals surface area (Å²) >= 11 is 5.94. The van der Waals surface area contributed by atoms with Crippen molar-refractivity contribution in [1.82, 2.24) is 30.1 Å². The minimum Gasteiger partial charge on any atom is -0.339 e. The first-order valence-electron chi connectivity index (χ1n) is 9.51. The summed E-state index contributed by atoms with van der Waals surface area (Å²) in [6, 6.07) is 6.02. The van der Waals surface area contributed by atoms with E-state index in [2.05, 4.69) is 20.6 Å². The third kappa shape index (κ3) is 5.53. The minimum absolute atomic E-state index is 0.0543. The number of halogens is 4. The molecule has 0 spiro atoms. The van der Waals surface area contributed by atoms with Gasteiger partial charge in [-0.05, 0) is 30.2 Å². The summed E-state index contributed by atoms with van der Waals surface area (Å²) in [5, 5.41) is 13.3. The summed E-state index contributed by atoms with van der Waals surface area (Å²) < 4.78 is 66.4. The van der Waals surface area contributed by atoms with Crippen LogP contribution >= 0.6 is 11.6 Å². The van der Waals surface area contributed by atoms with Gasteiger partial charge in [0.05, 0.1) is 12.3 Å². The largest absolute Gasteiger partial charge is 0.431 e. The van der Waals surface area contributed by atoms with Crippen LogP contribution in [-0.2, 0) is 22.6 Å². The van der Waals surface area contributed by atoms with Gasteiger partial charge in [-0.25, -0.2) is 8.42 Å². The molecular weight excluding hydrogens is 485 g/mol. The number of hydrogen-bond acceptors (Lipinski definition) is 6. The predicted molar refractivity (Wildman–Crippen MR) is 115 cm³/mol. The standard InChI is InChI=1S/C19H20ClF3N6O3S/c1-11-15(12-4-6-13(20)7-5-12)16(18(30)28(2)8-9-33(3,31)32)29(17(11)19(21,22)23)10-14-24-26-27-25-14/h4-7H,8-10H2,1-3H3,(H,24,25,26,27). The normalized spacial score (nSPS) is 12.2. The van der Waals surface area contributed by atoms with E-state index in [1.807, 2.05) is 0 Å². The van der Waals surface area contributed by atoms with Crippen molar-refractivity contribution in [2.24, 2.45) is 0 Å². The van der Waals surface area contributed by atoms with Crippen molar-refractivity contribution in [2.45, 2.75) is 19.6 Å². The molecule has 0 saturated carbocycles. The smallest absolute Gasteiger partial charge is 0.339 e. The fourth-order valence-electron chi connectivity index (χ4n) is 3.44. The molecule has 0 saturated heterocycles. The lowest BCUT2D eigenvalue weighted by Gasteiger charge is -2.20. The van der Waals surface area contributed by atoms with Crippen molar-refractivity contribution in [3.63, 3.8) is 0 Å². The lowest BCUT2D eigenvalue weighted by Crippen LogP contribution is -2.34. The van der Waals surface area contributed by atoms with E-state index in [4.69, 9.17) is 11.6 Å². The van der Waals surface area contributed by atoms with Crippen LogP contribution in [0.3, 0.4) is 0 Å². The lowest BCUT2D eigenvalue weighted by molar-refractivity contribution is -0.143. The van der Waals surface area contributed by atoms with Crippen LogP contribution in [0.2, 0.25) is 5.02 Å². The van der Waals surface area contributed by atoms with Gasteiger partial charge in [-0.15, -0.1) is 10.2 Å². The van der Waals surface area contributed by atoms with E-state index in [0.717, 1.165) is 15.7 Å². The molecule has 0 aliphatic heterocycles. The molecule has 0 unspecified atom stereocenters. The van der Waals surface area contributed by atoms with Crippen molar-refractivity contribution in [3.05, 3.63) is 52.1 Å². The van der Waals surface area contributed by atoms with Crippen molar-refractivity contribution >= 4 is 27.3 Å². The second-order valence-corrected chi connectivity index (χ2v) is 10.2. The zero-order valence-electron chi connectivity index (χ0n) is 17.8. The van der Waals surface area contributed by atoms with Crippen molar-refractivity contribution in [1.29, 1.82) is 0 Å². The highest BCUT2D eigenvalue weighted by Gasteiger charge is 2.41. The van der Waals surface area contributed by atoms with Gasteiger partial charge in [-0.2, -0.15) is 18.4 Å². The fraction of sp³-hybridized carbons (Fsp3) is 0.368. The molecule has 33 heavy (non-hydrogen) atoms. The number of H-pyrrole nitrogens is 1. The van der Waals surface area contributed by atoms with Crippen molar-refractivity contribution in [2.75, 3.05) is 25.6 Å². The average molecular weight is 505 g/mol. The number of benzene rings is 1. The second-order valence-electron chi connectivity index (χ2n) is 7.47. The molecule has 0 aliphatic carbocycles. The van der Waals surface area contributed by atoms with E-state index in [-0.39, 0.29) is 34.9 Å². The summed E-state index contributed by atoms with van der Waals surface area (Å²) in [6.07, 6.45) is -3.80. The Morgan fingerprint density at radius 3 is 2.39 bits per heavy atom. The third-order valence-electron chi connectivity index (χ3n) is 4.94. The minimum atomic E-state index is -4.81. The average Bonchev–Trinajstić information content (AvgIpc) is 3.31. The lowest BCUT2D eigenvalue weighted by atomic mass is 10.0. The number of rotatable bonds is 7. The maximum absolute atomic E-state index is 14.2. The Morgan fingerprint density at radius 2 is 1.88 bits per heavy atom. The maximum atomic E-state index is 14.2. The van der Waals surface area contributed by atoms with Gasteiger partial charge in [0, 0.05) is 30.4 Å². The summed E-state index contributed by atoms with van der Waals surface area (Å²) in [5.41, 5.74) is -1.10. The fourth-order valence-corrected chi connectivity index (χ4v) is 4.17. The number of hydrogen-bond donors (Lipinski definition) is 1.